The van der Waals surface area contributed by atoms with Crippen molar-refractivity contribution in [3.05, 3.63) is 0 Å². The van der Waals surface area contributed by atoms with Gasteiger partial charge in [0.05, 0.1) is 10.5 Å². The Balaban J connectivity index is 2.44. The fourth-order valence-corrected chi connectivity index (χ4v) is 3.44. The van der Waals surface area contributed by atoms with Crippen LogP contribution in [0.1, 0.15) is 47.0 Å². The molecule has 5 heteroatoms. The van der Waals surface area contributed by atoms with Gasteiger partial charge in [-0.25, -0.2) is 8.42 Å². The molecule has 114 valence electrons. The highest BCUT2D eigenvalue weighted by atomic mass is 32.2. The Kier molecular flexibility index (Phi) is 6.27. The average molecular weight is 290 g/mol. The molecule has 0 radical (unpaired) electrons. The van der Waals surface area contributed by atoms with Crippen LogP contribution in [-0.4, -0.2) is 56.0 Å². The second-order valence-corrected chi connectivity index (χ2v) is 9.33. The molecule has 0 aromatic rings. The molecular weight excluding hydrogens is 260 g/mol. The minimum Gasteiger partial charge on any atom is -0.313 e. The van der Waals surface area contributed by atoms with Gasteiger partial charge in [0.1, 0.15) is 0 Å². The smallest absolute Gasteiger partial charge is 0.156 e. The summed E-state index contributed by atoms with van der Waals surface area (Å²) in [5.41, 5.74) is 0. The molecule has 1 heterocycles. The van der Waals surface area contributed by atoms with Crippen LogP contribution in [0.25, 0.3) is 0 Å². The average Bonchev–Trinajstić information content (AvgIpc) is 2.34. The van der Waals surface area contributed by atoms with Crippen LogP contribution >= 0.6 is 0 Å². The van der Waals surface area contributed by atoms with Gasteiger partial charge in [0.15, 0.2) is 9.84 Å². The van der Waals surface area contributed by atoms with Crippen molar-refractivity contribution in [2.75, 3.05) is 31.9 Å². The molecule has 0 aromatic carbocycles. The van der Waals surface area contributed by atoms with E-state index in [0.29, 0.717) is 12.6 Å². The van der Waals surface area contributed by atoms with Crippen LogP contribution in [0.4, 0.5) is 0 Å². The summed E-state index contributed by atoms with van der Waals surface area (Å²) in [6.07, 6.45) is 3.76. The van der Waals surface area contributed by atoms with Crippen LogP contribution < -0.4 is 5.32 Å². The number of rotatable bonds is 6. The Morgan fingerprint density at radius 3 is 2.42 bits per heavy atom. The molecule has 1 rings (SSSR count). The topological polar surface area (TPSA) is 49.4 Å². The van der Waals surface area contributed by atoms with Crippen LogP contribution in [0.2, 0.25) is 0 Å². The van der Waals surface area contributed by atoms with Gasteiger partial charge in [0, 0.05) is 19.1 Å². The molecular formula is C14H30N2O2S. The first-order valence-corrected chi connectivity index (χ1v) is 9.09. The van der Waals surface area contributed by atoms with Gasteiger partial charge in [-0.3, -0.25) is 0 Å². The largest absolute Gasteiger partial charge is 0.313 e. The van der Waals surface area contributed by atoms with Gasteiger partial charge in [0.25, 0.3) is 0 Å². The second-order valence-electron chi connectivity index (χ2n) is 6.47. The molecule has 1 N–H and O–H groups in total. The summed E-state index contributed by atoms with van der Waals surface area (Å²) in [7, 11) is -3.01. The minimum absolute atomic E-state index is 0.261. The van der Waals surface area contributed by atoms with Crippen molar-refractivity contribution in [2.45, 2.75) is 57.7 Å². The third-order valence-electron chi connectivity index (χ3n) is 3.95. The SMILES string of the molecule is CCN(CCS(=O)(=O)C(C)(C)C)CC1CCCCN1. The lowest BCUT2D eigenvalue weighted by atomic mass is 10.0. The van der Waals surface area contributed by atoms with Gasteiger partial charge in [-0.15, -0.1) is 0 Å². The molecule has 0 bridgehead atoms. The van der Waals surface area contributed by atoms with Crippen molar-refractivity contribution in [3.8, 4) is 0 Å². The highest BCUT2D eigenvalue weighted by Gasteiger charge is 2.29. The summed E-state index contributed by atoms with van der Waals surface area (Å²) in [5, 5.41) is 3.52. The lowest BCUT2D eigenvalue weighted by Gasteiger charge is -2.30. The van der Waals surface area contributed by atoms with E-state index in [0.717, 1.165) is 19.6 Å². The van der Waals surface area contributed by atoms with Gasteiger partial charge in [-0.2, -0.15) is 0 Å². The molecule has 1 unspecified atom stereocenters. The maximum atomic E-state index is 12.1. The normalized spacial score (nSPS) is 21.8. The van der Waals surface area contributed by atoms with Gasteiger partial charge >= 0.3 is 0 Å². The fraction of sp³-hybridized carbons (Fsp3) is 1.00. The molecule has 0 spiro atoms. The molecule has 0 saturated carbocycles. The van der Waals surface area contributed by atoms with E-state index in [4.69, 9.17) is 0 Å². The van der Waals surface area contributed by atoms with Gasteiger partial charge in [0.2, 0.25) is 0 Å². The van der Waals surface area contributed by atoms with Gasteiger partial charge in [-0.1, -0.05) is 13.3 Å². The maximum Gasteiger partial charge on any atom is 0.156 e. The van der Waals surface area contributed by atoms with E-state index in [2.05, 4.69) is 17.1 Å². The zero-order valence-corrected chi connectivity index (χ0v) is 13.7. The highest BCUT2D eigenvalue weighted by molar-refractivity contribution is 7.92. The van der Waals surface area contributed by atoms with E-state index >= 15 is 0 Å². The third kappa shape index (κ3) is 5.40. The first-order chi connectivity index (χ1) is 8.76. The number of hydrogen-bond donors (Lipinski definition) is 1. The monoisotopic (exact) mass is 290 g/mol. The summed E-state index contributed by atoms with van der Waals surface area (Å²) in [6.45, 7) is 11.1. The molecule has 0 aromatic heterocycles. The van der Waals surface area contributed by atoms with E-state index in [1.807, 2.05) is 0 Å². The van der Waals surface area contributed by atoms with Crippen LogP contribution in [0.15, 0.2) is 0 Å². The van der Waals surface area contributed by atoms with E-state index in [1.165, 1.54) is 19.3 Å². The van der Waals surface area contributed by atoms with Crippen LogP contribution in [0, 0.1) is 0 Å². The van der Waals surface area contributed by atoms with E-state index < -0.39 is 14.6 Å². The first kappa shape index (κ1) is 16.9. The lowest BCUT2D eigenvalue weighted by molar-refractivity contribution is 0.243. The molecule has 4 nitrogen and oxygen atoms in total. The predicted octanol–water partition coefficient (Wildman–Crippen LogP) is 1.66. The van der Waals surface area contributed by atoms with E-state index in [9.17, 15) is 8.42 Å². The second kappa shape index (κ2) is 7.04. The maximum absolute atomic E-state index is 12.1. The molecule has 1 aliphatic heterocycles. The Hall–Kier alpha value is -0.130. The van der Waals surface area contributed by atoms with Crippen LogP contribution in [-0.2, 0) is 9.84 Å². The van der Waals surface area contributed by atoms with Crippen LogP contribution in [0.5, 0.6) is 0 Å². The summed E-state index contributed by atoms with van der Waals surface area (Å²) in [4.78, 5) is 2.26. The van der Waals surface area contributed by atoms with Crippen LogP contribution in [0.3, 0.4) is 0 Å². The number of hydrogen-bond acceptors (Lipinski definition) is 4. The van der Waals surface area contributed by atoms with Crippen molar-refractivity contribution >= 4 is 9.84 Å². The molecule has 19 heavy (non-hydrogen) atoms. The van der Waals surface area contributed by atoms with E-state index in [-0.39, 0.29) is 5.75 Å². The Labute approximate surface area is 118 Å². The van der Waals surface area contributed by atoms with Crippen molar-refractivity contribution in [1.82, 2.24) is 10.2 Å². The first-order valence-electron chi connectivity index (χ1n) is 7.44. The summed E-state index contributed by atoms with van der Waals surface area (Å²) >= 11 is 0. The van der Waals surface area contributed by atoms with Crippen molar-refractivity contribution in [1.29, 1.82) is 0 Å². The zero-order valence-electron chi connectivity index (χ0n) is 12.9. The zero-order chi connectivity index (χ0) is 14.5. The molecule has 1 atom stereocenters. The summed E-state index contributed by atoms with van der Waals surface area (Å²) in [6, 6.07) is 0.533. The Morgan fingerprint density at radius 1 is 1.26 bits per heavy atom. The molecule has 1 aliphatic rings. The summed E-state index contributed by atoms with van der Waals surface area (Å²) < 4.78 is 23.6. The van der Waals surface area contributed by atoms with Crippen molar-refractivity contribution in [3.63, 3.8) is 0 Å². The Bertz CT molecular complexity index is 354. The molecule has 0 aliphatic carbocycles. The summed E-state index contributed by atoms with van der Waals surface area (Å²) in [5.74, 6) is 0.261. The third-order valence-corrected chi connectivity index (χ3v) is 6.53. The Morgan fingerprint density at radius 2 is 1.95 bits per heavy atom. The predicted molar refractivity (Wildman–Crippen MR) is 81.3 cm³/mol. The molecule has 1 fully saturated rings. The molecule has 1 saturated heterocycles. The van der Waals surface area contributed by atoms with Crippen molar-refractivity contribution in [2.24, 2.45) is 0 Å². The standard InChI is InChI=1S/C14H30N2O2S/c1-5-16(12-13-8-6-7-9-15-13)10-11-19(17,18)14(2,3)4/h13,15H,5-12H2,1-4H3. The fourth-order valence-electron chi connectivity index (χ4n) is 2.33. The number of piperidine rings is 1. The van der Waals surface area contributed by atoms with Crippen molar-refractivity contribution < 1.29 is 8.42 Å². The number of nitrogens with one attached hydrogen (secondary N) is 1. The quantitative estimate of drug-likeness (QED) is 0.808. The lowest BCUT2D eigenvalue weighted by Crippen LogP contribution is -2.45. The minimum atomic E-state index is -3.01. The van der Waals surface area contributed by atoms with Gasteiger partial charge < -0.3 is 10.2 Å². The number of sulfone groups is 1. The highest BCUT2D eigenvalue weighted by Crippen LogP contribution is 2.16. The molecule has 0 amide bonds. The number of nitrogens with zero attached hydrogens (tertiary/aromatic N) is 1. The van der Waals surface area contributed by atoms with E-state index in [1.54, 1.807) is 20.8 Å². The number of likely N-dealkylation sites (N-methyl/N-ethyl adjacent to an activating group) is 1. The van der Waals surface area contributed by atoms with Gasteiger partial charge in [-0.05, 0) is 46.7 Å².